The number of hydrogen-bond acceptors (Lipinski definition) is 2. The first-order chi connectivity index (χ1) is 9.54. The van der Waals surface area contributed by atoms with E-state index in [-0.39, 0.29) is 5.91 Å². The van der Waals surface area contributed by atoms with Crippen LogP contribution in [0, 0.1) is 11.3 Å². The van der Waals surface area contributed by atoms with Crippen molar-refractivity contribution in [3.63, 3.8) is 0 Å². The Bertz CT molecular complexity index is 709. The summed E-state index contributed by atoms with van der Waals surface area (Å²) in [4.78, 5) is 13.9. The number of anilines is 1. The maximum atomic E-state index is 12.4. The van der Waals surface area contributed by atoms with E-state index in [1.807, 2.05) is 0 Å². The smallest absolute Gasteiger partial charge is 0.258 e. The minimum Gasteiger partial charge on any atom is -0.310 e. The van der Waals surface area contributed by atoms with E-state index in [1.54, 1.807) is 49.5 Å². The van der Waals surface area contributed by atoms with Gasteiger partial charge in [0.2, 0.25) is 0 Å². The number of benzene rings is 2. The number of nitrogens with zero attached hydrogens (tertiary/aromatic N) is 2. The second-order valence-corrected chi connectivity index (χ2v) is 5.38. The van der Waals surface area contributed by atoms with Crippen molar-refractivity contribution < 1.29 is 4.79 Å². The Morgan fingerprint density at radius 2 is 2.00 bits per heavy atom. The van der Waals surface area contributed by atoms with Crippen molar-refractivity contribution >= 4 is 39.1 Å². The maximum absolute atomic E-state index is 12.4. The number of halogens is 2. The molecule has 0 heterocycles. The fourth-order valence-electron chi connectivity index (χ4n) is 1.79. The Labute approximate surface area is 130 Å². The molecule has 0 radical (unpaired) electrons. The summed E-state index contributed by atoms with van der Waals surface area (Å²) in [7, 11) is 1.64. The van der Waals surface area contributed by atoms with Gasteiger partial charge in [0.05, 0.1) is 16.3 Å². The Morgan fingerprint density at radius 3 is 2.65 bits per heavy atom. The minimum atomic E-state index is -0.204. The second kappa shape index (κ2) is 6.08. The molecule has 100 valence electrons. The lowest BCUT2D eigenvalue weighted by molar-refractivity contribution is 0.0993. The van der Waals surface area contributed by atoms with Crippen molar-refractivity contribution in [1.82, 2.24) is 0 Å². The number of carbonyl (C=O) groups is 1. The quantitative estimate of drug-likeness (QED) is 0.813. The number of rotatable bonds is 2. The van der Waals surface area contributed by atoms with Gasteiger partial charge in [-0.3, -0.25) is 4.79 Å². The van der Waals surface area contributed by atoms with Crippen molar-refractivity contribution in [1.29, 1.82) is 5.26 Å². The van der Waals surface area contributed by atoms with Crippen LogP contribution in [0.3, 0.4) is 0 Å². The molecule has 0 N–H and O–H groups in total. The Morgan fingerprint density at radius 1 is 1.30 bits per heavy atom. The summed E-state index contributed by atoms with van der Waals surface area (Å²) in [6.45, 7) is 0. The SMILES string of the molecule is CN(C(=O)c1ccc(Cl)c(Br)c1)c1ccccc1C#N. The van der Waals surface area contributed by atoms with Crippen molar-refractivity contribution in [2.24, 2.45) is 0 Å². The van der Waals surface area contributed by atoms with Gasteiger partial charge >= 0.3 is 0 Å². The Kier molecular flexibility index (Phi) is 4.43. The van der Waals surface area contributed by atoms with Crippen LogP contribution < -0.4 is 4.90 Å². The van der Waals surface area contributed by atoms with Gasteiger partial charge in [0, 0.05) is 17.1 Å². The van der Waals surface area contributed by atoms with Crippen LogP contribution in [-0.4, -0.2) is 13.0 Å². The summed E-state index contributed by atoms with van der Waals surface area (Å²) in [5.74, 6) is -0.204. The van der Waals surface area contributed by atoms with Crippen LogP contribution in [0.4, 0.5) is 5.69 Å². The van der Waals surface area contributed by atoms with E-state index < -0.39 is 0 Å². The summed E-state index contributed by atoms with van der Waals surface area (Å²) < 4.78 is 0.659. The van der Waals surface area contributed by atoms with Crippen LogP contribution in [0.25, 0.3) is 0 Å². The highest BCUT2D eigenvalue weighted by Crippen LogP contribution is 2.25. The Hall–Kier alpha value is -1.83. The van der Waals surface area contributed by atoms with E-state index in [9.17, 15) is 4.79 Å². The number of nitriles is 1. The van der Waals surface area contributed by atoms with E-state index in [1.165, 1.54) is 4.90 Å². The minimum absolute atomic E-state index is 0.204. The van der Waals surface area contributed by atoms with Crippen LogP contribution in [-0.2, 0) is 0 Å². The van der Waals surface area contributed by atoms with Crippen LogP contribution in [0.5, 0.6) is 0 Å². The molecule has 0 aliphatic carbocycles. The van der Waals surface area contributed by atoms with Gasteiger partial charge in [-0.2, -0.15) is 5.26 Å². The summed E-state index contributed by atoms with van der Waals surface area (Å²) in [5, 5.41) is 9.63. The van der Waals surface area contributed by atoms with E-state index in [0.717, 1.165) is 0 Å². The van der Waals surface area contributed by atoms with E-state index in [4.69, 9.17) is 16.9 Å². The molecular formula is C15H10BrClN2O. The number of carbonyl (C=O) groups excluding carboxylic acids is 1. The van der Waals surface area contributed by atoms with Gasteiger partial charge in [-0.1, -0.05) is 23.7 Å². The molecule has 2 aromatic rings. The van der Waals surface area contributed by atoms with Crippen LogP contribution in [0.15, 0.2) is 46.9 Å². The molecule has 1 amide bonds. The number of para-hydroxylation sites is 1. The van der Waals surface area contributed by atoms with Gasteiger partial charge in [0.25, 0.3) is 5.91 Å². The van der Waals surface area contributed by atoms with Crippen molar-refractivity contribution in [3.05, 3.63) is 63.1 Å². The summed E-state index contributed by atoms with van der Waals surface area (Å²) in [5.41, 5.74) is 1.53. The summed E-state index contributed by atoms with van der Waals surface area (Å²) in [6.07, 6.45) is 0. The fourth-order valence-corrected chi connectivity index (χ4v) is 2.29. The zero-order valence-corrected chi connectivity index (χ0v) is 12.9. The van der Waals surface area contributed by atoms with Gasteiger partial charge in [-0.05, 0) is 46.3 Å². The molecule has 0 aliphatic heterocycles. The molecule has 5 heteroatoms. The normalized spacial score (nSPS) is 9.90. The molecule has 0 aliphatic rings. The molecule has 2 rings (SSSR count). The van der Waals surface area contributed by atoms with Crippen LogP contribution in [0.1, 0.15) is 15.9 Å². The van der Waals surface area contributed by atoms with E-state index in [2.05, 4.69) is 22.0 Å². The molecule has 0 saturated heterocycles. The highest BCUT2D eigenvalue weighted by molar-refractivity contribution is 9.10. The zero-order valence-electron chi connectivity index (χ0n) is 10.6. The first-order valence-electron chi connectivity index (χ1n) is 5.77. The topological polar surface area (TPSA) is 44.1 Å². The first kappa shape index (κ1) is 14.6. The molecular weight excluding hydrogens is 340 g/mol. The lowest BCUT2D eigenvalue weighted by Gasteiger charge is -2.18. The maximum Gasteiger partial charge on any atom is 0.258 e. The molecule has 0 unspecified atom stereocenters. The predicted molar refractivity (Wildman–Crippen MR) is 83.0 cm³/mol. The number of hydrogen-bond donors (Lipinski definition) is 0. The molecule has 0 spiro atoms. The second-order valence-electron chi connectivity index (χ2n) is 4.12. The van der Waals surface area contributed by atoms with Crippen molar-refractivity contribution in [2.45, 2.75) is 0 Å². The molecule has 0 atom stereocenters. The highest BCUT2D eigenvalue weighted by atomic mass is 79.9. The lowest BCUT2D eigenvalue weighted by Crippen LogP contribution is -2.26. The van der Waals surface area contributed by atoms with Gasteiger partial charge in [-0.25, -0.2) is 0 Å². The third-order valence-corrected chi connectivity index (χ3v) is 4.07. The molecule has 0 saturated carbocycles. The molecule has 0 fully saturated rings. The molecule has 2 aromatic carbocycles. The fraction of sp³-hybridized carbons (Fsp3) is 0.0667. The standard InChI is InChI=1S/C15H10BrClN2O/c1-19(14-5-3-2-4-11(14)9-18)15(20)10-6-7-13(17)12(16)8-10/h2-8H,1H3. The summed E-state index contributed by atoms with van der Waals surface area (Å²) >= 11 is 9.21. The van der Waals surface area contributed by atoms with Crippen molar-refractivity contribution in [3.8, 4) is 6.07 Å². The molecule has 20 heavy (non-hydrogen) atoms. The largest absolute Gasteiger partial charge is 0.310 e. The summed E-state index contributed by atoms with van der Waals surface area (Å²) in [6, 6.07) is 14.0. The predicted octanol–water partition coefficient (Wildman–Crippen LogP) is 4.25. The van der Waals surface area contributed by atoms with Gasteiger partial charge in [0.15, 0.2) is 0 Å². The number of amides is 1. The average Bonchev–Trinajstić information content (AvgIpc) is 2.48. The van der Waals surface area contributed by atoms with Gasteiger partial charge < -0.3 is 4.90 Å². The van der Waals surface area contributed by atoms with Gasteiger partial charge in [-0.15, -0.1) is 0 Å². The monoisotopic (exact) mass is 348 g/mol. The van der Waals surface area contributed by atoms with Crippen molar-refractivity contribution in [2.75, 3.05) is 11.9 Å². The molecule has 0 aromatic heterocycles. The first-order valence-corrected chi connectivity index (χ1v) is 6.94. The van der Waals surface area contributed by atoms with Crippen LogP contribution >= 0.6 is 27.5 Å². The third kappa shape index (κ3) is 2.84. The average molecular weight is 350 g/mol. The highest BCUT2D eigenvalue weighted by Gasteiger charge is 2.16. The zero-order chi connectivity index (χ0) is 14.7. The van der Waals surface area contributed by atoms with E-state index in [0.29, 0.717) is 26.3 Å². The van der Waals surface area contributed by atoms with Crippen LogP contribution in [0.2, 0.25) is 5.02 Å². The Balaban J connectivity index is 2.38. The molecule has 3 nitrogen and oxygen atoms in total. The van der Waals surface area contributed by atoms with Gasteiger partial charge in [0.1, 0.15) is 6.07 Å². The third-order valence-electron chi connectivity index (χ3n) is 2.86. The molecule has 0 bridgehead atoms. The lowest BCUT2D eigenvalue weighted by atomic mass is 10.1. The van der Waals surface area contributed by atoms with E-state index >= 15 is 0 Å².